The predicted molar refractivity (Wildman–Crippen MR) is 120 cm³/mol. The molecule has 0 spiro atoms. The van der Waals surface area contributed by atoms with Crippen molar-refractivity contribution in [3.63, 3.8) is 0 Å². The quantitative estimate of drug-likeness (QED) is 0.518. The molecule has 2 aromatic heterocycles. The molecule has 1 amide bonds. The maximum atomic E-state index is 13.1. The Morgan fingerprint density at radius 1 is 1.03 bits per heavy atom. The third kappa shape index (κ3) is 4.13. The van der Waals surface area contributed by atoms with E-state index in [9.17, 15) is 9.90 Å². The van der Waals surface area contributed by atoms with Gasteiger partial charge in [-0.2, -0.15) is 0 Å². The first-order valence-electron chi connectivity index (χ1n) is 9.72. The molecule has 0 saturated carbocycles. The molecule has 0 unspecified atom stereocenters. The van der Waals surface area contributed by atoms with E-state index in [1.165, 1.54) is 11.3 Å². The molecule has 3 aromatic rings. The van der Waals surface area contributed by atoms with Gasteiger partial charge in [0.1, 0.15) is 16.4 Å². The summed E-state index contributed by atoms with van der Waals surface area (Å²) in [4.78, 5) is 23.8. The van der Waals surface area contributed by atoms with Gasteiger partial charge in [0, 0.05) is 10.8 Å². The number of anilines is 1. The van der Waals surface area contributed by atoms with Gasteiger partial charge in [0.15, 0.2) is 0 Å². The largest absolute Gasteiger partial charge is 0.506 e. The first-order chi connectivity index (χ1) is 13.3. The van der Waals surface area contributed by atoms with Crippen molar-refractivity contribution in [2.75, 3.05) is 5.32 Å². The van der Waals surface area contributed by atoms with Gasteiger partial charge in [-0.25, -0.2) is 9.97 Å². The number of nitrogens with one attached hydrogen (secondary N) is 1. The van der Waals surface area contributed by atoms with Crippen molar-refractivity contribution in [3.8, 4) is 5.75 Å². The summed E-state index contributed by atoms with van der Waals surface area (Å²) in [5.41, 5.74) is 2.94. The van der Waals surface area contributed by atoms with Crippen LogP contribution in [0.25, 0.3) is 10.2 Å². The van der Waals surface area contributed by atoms with Gasteiger partial charge in [0.05, 0.1) is 16.3 Å². The highest BCUT2D eigenvalue weighted by molar-refractivity contribution is 7.20. The Bertz CT molecular complexity index is 1100. The number of benzene rings is 1. The van der Waals surface area contributed by atoms with Crippen LogP contribution in [0, 0.1) is 13.8 Å². The highest BCUT2D eigenvalue weighted by Crippen LogP contribution is 2.35. The summed E-state index contributed by atoms with van der Waals surface area (Å²) >= 11 is 1.37. The minimum Gasteiger partial charge on any atom is -0.506 e. The minimum atomic E-state index is -0.247. The lowest BCUT2D eigenvalue weighted by Gasteiger charge is -2.20. The highest BCUT2D eigenvalue weighted by atomic mass is 32.1. The number of phenolic OH excluding ortho intramolecular Hbond substituents is 1. The Hall–Kier alpha value is -2.47. The number of carbonyl (C=O) groups excluding carboxylic acids is 1. The van der Waals surface area contributed by atoms with Crippen molar-refractivity contribution in [1.29, 1.82) is 0 Å². The number of aromatic hydroxyl groups is 1. The monoisotopic (exact) mass is 411 g/mol. The molecule has 3 rings (SSSR count). The smallest absolute Gasteiger partial charge is 0.266 e. The summed E-state index contributed by atoms with van der Waals surface area (Å²) in [6, 6.07) is 5.33. The van der Waals surface area contributed by atoms with Crippen LogP contribution < -0.4 is 5.32 Å². The summed E-state index contributed by atoms with van der Waals surface area (Å²) in [6.45, 7) is 16.4. The van der Waals surface area contributed by atoms with Crippen molar-refractivity contribution >= 4 is 33.1 Å². The first-order valence-corrected chi connectivity index (χ1v) is 10.5. The lowest BCUT2D eigenvalue weighted by molar-refractivity contribution is 0.102. The molecule has 2 N–H and O–H groups in total. The van der Waals surface area contributed by atoms with Crippen molar-refractivity contribution in [2.24, 2.45) is 0 Å². The Kier molecular flexibility index (Phi) is 5.20. The lowest BCUT2D eigenvalue weighted by Crippen LogP contribution is -2.16. The van der Waals surface area contributed by atoms with Gasteiger partial charge < -0.3 is 10.4 Å². The van der Waals surface area contributed by atoms with Crippen molar-refractivity contribution in [3.05, 3.63) is 45.7 Å². The number of rotatable bonds is 2. The number of fused-ring (bicyclic) bond motifs is 1. The van der Waals surface area contributed by atoms with E-state index in [0.717, 1.165) is 32.9 Å². The summed E-state index contributed by atoms with van der Waals surface area (Å²) in [6.07, 6.45) is 0. The number of hydrogen-bond acceptors (Lipinski definition) is 5. The van der Waals surface area contributed by atoms with Crippen LogP contribution in [-0.4, -0.2) is 21.0 Å². The number of carbonyl (C=O) groups is 1. The van der Waals surface area contributed by atoms with Crippen LogP contribution >= 0.6 is 11.3 Å². The van der Waals surface area contributed by atoms with E-state index in [-0.39, 0.29) is 22.5 Å². The van der Waals surface area contributed by atoms with Crippen LogP contribution in [0.4, 0.5) is 5.69 Å². The maximum absolute atomic E-state index is 13.1. The molecule has 1 aromatic carbocycles. The zero-order chi connectivity index (χ0) is 21.7. The van der Waals surface area contributed by atoms with Crippen molar-refractivity contribution in [1.82, 2.24) is 9.97 Å². The van der Waals surface area contributed by atoms with Gasteiger partial charge in [0.25, 0.3) is 5.91 Å². The van der Waals surface area contributed by atoms with E-state index in [1.54, 1.807) is 6.07 Å². The molecule has 29 heavy (non-hydrogen) atoms. The molecule has 154 valence electrons. The van der Waals surface area contributed by atoms with Gasteiger partial charge in [0.2, 0.25) is 0 Å². The SMILES string of the molecule is Cc1nc(C(C)(C)C)nc2sc(C(=O)Nc3cc(C(C)(C)C)ccc3O)c(C)c12. The van der Waals surface area contributed by atoms with E-state index >= 15 is 0 Å². The zero-order valence-electron chi connectivity index (χ0n) is 18.4. The van der Waals surface area contributed by atoms with E-state index in [1.807, 2.05) is 26.0 Å². The molecule has 0 aliphatic rings. The molecule has 2 heterocycles. The second kappa shape index (κ2) is 7.10. The average molecular weight is 412 g/mol. The number of hydrogen-bond donors (Lipinski definition) is 2. The van der Waals surface area contributed by atoms with Crippen LogP contribution in [0.5, 0.6) is 5.75 Å². The molecule has 0 fully saturated rings. The van der Waals surface area contributed by atoms with Crippen molar-refractivity contribution in [2.45, 2.75) is 66.2 Å². The van der Waals surface area contributed by atoms with Crippen LogP contribution in [0.15, 0.2) is 18.2 Å². The Morgan fingerprint density at radius 2 is 1.69 bits per heavy atom. The molecule has 5 nitrogen and oxygen atoms in total. The van der Waals surface area contributed by atoms with Gasteiger partial charge in [-0.15, -0.1) is 11.3 Å². The molecule has 0 bridgehead atoms. The summed E-state index contributed by atoms with van der Waals surface area (Å²) in [5, 5.41) is 14.1. The van der Waals surface area contributed by atoms with Crippen LogP contribution in [0.2, 0.25) is 0 Å². The highest BCUT2D eigenvalue weighted by Gasteiger charge is 2.24. The molecule has 0 atom stereocenters. The first kappa shape index (κ1) is 21.2. The van der Waals surface area contributed by atoms with Gasteiger partial charge in [-0.1, -0.05) is 47.6 Å². The Morgan fingerprint density at radius 3 is 2.28 bits per heavy atom. The predicted octanol–water partition coefficient (Wildman–Crippen LogP) is 5.86. The Labute approximate surface area is 176 Å². The number of amides is 1. The van der Waals surface area contributed by atoms with Gasteiger partial charge >= 0.3 is 0 Å². The van der Waals surface area contributed by atoms with Gasteiger partial charge in [-0.05, 0) is 42.5 Å². The van der Waals surface area contributed by atoms with Crippen molar-refractivity contribution < 1.29 is 9.90 Å². The summed E-state index contributed by atoms with van der Waals surface area (Å²) in [5.74, 6) is 0.575. The number of aryl methyl sites for hydroxylation is 2. The minimum absolute atomic E-state index is 0.0519. The average Bonchev–Trinajstić information content (AvgIpc) is 2.92. The molecule has 0 aliphatic heterocycles. The second-order valence-electron chi connectivity index (χ2n) is 9.56. The standard InChI is InChI=1S/C23H29N3O2S/c1-12-17-13(2)24-21(23(6,7)8)26-20(17)29-18(12)19(28)25-15-11-14(22(3,4)5)9-10-16(15)27/h9-11,27H,1-8H3,(H,25,28). The fraction of sp³-hybridized carbons (Fsp3) is 0.435. The second-order valence-corrected chi connectivity index (χ2v) is 10.6. The number of thiophene rings is 1. The number of phenols is 1. The molecular formula is C23H29N3O2S. The lowest BCUT2D eigenvalue weighted by atomic mass is 9.87. The van der Waals surface area contributed by atoms with Gasteiger partial charge in [-0.3, -0.25) is 4.79 Å². The fourth-order valence-electron chi connectivity index (χ4n) is 3.17. The summed E-state index contributed by atoms with van der Waals surface area (Å²) in [7, 11) is 0. The van der Waals surface area contributed by atoms with E-state index in [4.69, 9.17) is 4.98 Å². The third-order valence-electron chi connectivity index (χ3n) is 4.96. The topological polar surface area (TPSA) is 75.1 Å². The van der Waals surface area contributed by atoms with Crippen LogP contribution in [0.1, 0.15) is 73.9 Å². The molecule has 0 aliphatic carbocycles. The number of nitrogens with zero attached hydrogens (tertiary/aromatic N) is 2. The Balaban J connectivity index is 2.02. The number of aromatic nitrogens is 2. The third-order valence-corrected chi connectivity index (χ3v) is 6.14. The van der Waals surface area contributed by atoms with Crippen LogP contribution in [-0.2, 0) is 10.8 Å². The molecule has 6 heteroatoms. The molecule has 0 saturated heterocycles. The fourth-order valence-corrected chi connectivity index (χ4v) is 4.30. The normalized spacial score (nSPS) is 12.4. The molecular weight excluding hydrogens is 382 g/mol. The van der Waals surface area contributed by atoms with E-state index in [0.29, 0.717) is 10.6 Å². The maximum Gasteiger partial charge on any atom is 0.266 e. The van der Waals surface area contributed by atoms with E-state index < -0.39 is 0 Å². The summed E-state index contributed by atoms with van der Waals surface area (Å²) < 4.78 is 0. The van der Waals surface area contributed by atoms with Crippen LogP contribution in [0.3, 0.4) is 0 Å². The zero-order valence-corrected chi connectivity index (χ0v) is 19.2. The molecule has 0 radical (unpaired) electrons. The van der Waals surface area contributed by atoms with E-state index in [2.05, 4.69) is 51.8 Å².